The Balaban J connectivity index is 2.71. The molecule has 0 aliphatic heterocycles. The normalized spacial score (nSPS) is 23.5. The van der Waals surface area contributed by atoms with Gasteiger partial charge in [-0.15, -0.1) is 0 Å². The summed E-state index contributed by atoms with van der Waals surface area (Å²) in [5.74, 6) is -0.434. The Morgan fingerprint density at radius 2 is 2.27 bits per heavy atom. The number of esters is 1. The summed E-state index contributed by atoms with van der Waals surface area (Å²) in [4.78, 5) is 23.1. The van der Waals surface area contributed by atoms with Gasteiger partial charge in [0.15, 0.2) is 5.78 Å². The molecule has 0 aromatic heterocycles. The van der Waals surface area contributed by atoms with Crippen molar-refractivity contribution < 1.29 is 14.3 Å². The monoisotopic (exact) mass is 210 g/mol. The van der Waals surface area contributed by atoms with Crippen molar-refractivity contribution in [1.82, 2.24) is 0 Å². The van der Waals surface area contributed by atoms with Crippen molar-refractivity contribution in [3.8, 4) is 0 Å². The highest BCUT2D eigenvalue weighted by molar-refractivity contribution is 6.03. The van der Waals surface area contributed by atoms with E-state index in [2.05, 4.69) is 6.92 Å². The molecule has 1 rings (SSSR count). The number of ether oxygens (including phenoxy) is 1. The molecule has 1 unspecified atom stereocenters. The number of Topliss-reactive ketones (excluding diaryl/α,β-unsaturated/α-hetero) is 1. The molecule has 0 spiro atoms. The third-order valence-electron chi connectivity index (χ3n) is 2.58. The van der Waals surface area contributed by atoms with Gasteiger partial charge < -0.3 is 4.74 Å². The Hall–Kier alpha value is -1.12. The number of ketones is 1. The summed E-state index contributed by atoms with van der Waals surface area (Å²) < 4.78 is 4.95. The number of hydrogen-bond donors (Lipinski definition) is 0. The number of carbonyl (C=O) groups is 2. The van der Waals surface area contributed by atoms with Crippen LogP contribution >= 0.6 is 0 Å². The molecule has 0 amide bonds. The van der Waals surface area contributed by atoms with Crippen LogP contribution in [-0.4, -0.2) is 18.4 Å². The molecule has 0 aromatic carbocycles. The third-order valence-corrected chi connectivity index (χ3v) is 2.58. The van der Waals surface area contributed by atoms with Gasteiger partial charge in [-0.1, -0.05) is 19.4 Å². The molecule has 0 N–H and O–H groups in total. The van der Waals surface area contributed by atoms with Crippen LogP contribution in [0.25, 0.3) is 0 Å². The maximum absolute atomic E-state index is 11.5. The minimum absolute atomic E-state index is 0.113. The third kappa shape index (κ3) is 2.91. The lowest BCUT2D eigenvalue weighted by atomic mass is 10.0. The van der Waals surface area contributed by atoms with Crippen molar-refractivity contribution in [1.29, 1.82) is 0 Å². The molecule has 1 fully saturated rings. The van der Waals surface area contributed by atoms with Crippen LogP contribution < -0.4 is 0 Å². The van der Waals surface area contributed by atoms with Crippen LogP contribution in [0.15, 0.2) is 11.6 Å². The highest BCUT2D eigenvalue weighted by Gasteiger charge is 2.34. The lowest BCUT2D eigenvalue weighted by Gasteiger charge is -2.09. The standard InChI is InChI=1S/C12H18O3/c1-3-5-6-9-10(7-8-11(9)13)12(14)15-4-2/h6,10H,3-5,7-8H2,1-2H3/b9-6-. The van der Waals surface area contributed by atoms with Crippen molar-refractivity contribution in [3.05, 3.63) is 11.6 Å². The summed E-state index contributed by atoms with van der Waals surface area (Å²) in [7, 11) is 0. The summed E-state index contributed by atoms with van der Waals surface area (Å²) >= 11 is 0. The van der Waals surface area contributed by atoms with Gasteiger partial charge in [-0.25, -0.2) is 0 Å². The summed E-state index contributed by atoms with van der Waals surface area (Å²) in [5.41, 5.74) is 0.676. The van der Waals surface area contributed by atoms with E-state index in [-0.39, 0.29) is 17.7 Å². The molecule has 3 nitrogen and oxygen atoms in total. The molecule has 1 saturated carbocycles. The van der Waals surface area contributed by atoms with E-state index in [4.69, 9.17) is 4.74 Å². The molecule has 84 valence electrons. The van der Waals surface area contributed by atoms with Crippen LogP contribution in [-0.2, 0) is 14.3 Å². The Morgan fingerprint density at radius 3 is 2.87 bits per heavy atom. The minimum Gasteiger partial charge on any atom is -0.466 e. The second kappa shape index (κ2) is 5.69. The van der Waals surface area contributed by atoms with Gasteiger partial charge in [-0.3, -0.25) is 9.59 Å². The van der Waals surface area contributed by atoms with E-state index >= 15 is 0 Å². The van der Waals surface area contributed by atoms with E-state index in [1.54, 1.807) is 6.92 Å². The van der Waals surface area contributed by atoms with E-state index in [0.29, 0.717) is 25.0 Å². The molecule has 1 atom stereocenters. The van der Waals surface area contributed by atoms with E-state index < -0.39 is 0 Å². The molecular formula is C12H18O3. The fourth-order valence-electron chi connectivity index (χ4n) is 1.81. The highest BCUT2D eigenvalue weighted by atomic mass is 16.5. The Labute approximate surface area is 90.5 Å². The van der Waals surface area contributed by atoms with Gasteiger partial charge in [0, 0.05) is 12.0 Å². The van der Waals surface area contributed by atoms with Crippen LogP contribution in [0.4, 0.5) is 0 Å². The largest absolute Gasteiger partial charge is 0.466 e. The molecule has 1 aliphatic rings. The van der Waals surface area contributed by atoms with Gasteiger partial charge in [-0.05, 0) is 19.8 Å². The molecule has 0 bridgehead atoms. The molecule has 0 heterocycles. The molecule has 0 aromatic rings. The van der Waals surface area contributed by atoms with Crippen LogP contribution in [0.5, 0.6) is 0 Å². The maximum atomic E-state index is 11.5. The second-order valence-electron chi connectivity index (χ2n) is 3.71. The predicted molar refractivity (Wildman–Crippen MR) is 57.4 cm³/mol. The number of carbonyl (C=O) groups excluding carboxylic acids is 2. The topological polar surface area (TPSA) is 43.4 Å². The van der Waals surface area contributed by atoms with Crippen molar-refractivity contribution in [3.63, 3.8) is 0 Å². The van der Waals surface area contributed by atoms with Gasteiger partial charge in [0.05, 0.1) is 12.5 Å². The lowest BCUT2D eigenvalue weighted by molar-refractivity contribution is -0.146. The summed E-state index contributed by atoms with van der Waals surface area (Å²) in [6, 6.07) is 0. The first-order chi connectivity index (χ1) is 7.20. The molecular weight excluding hydrogens is 192 g/mol. The Morgan fingerprint density at radius 1 is 1.53 bits per heavy atom. The van der Waals surface area contributed by atoms with E-state index in [1.807, 2.05) is 6.08 Å². The lowest BCUT2D eigenvalue weighted by Crippen LogP contribution is -2.17. The highest BCUT2D eigenvalue weighted by Crippen LogP contribution is 2.29. The van der Waals surface area contributed by atoms with Crippen molar-refractivity contribution in [2.75, 3.05) is 6.61 Å². The van der Waals surface area contributed by atoms with Gasteiger partial charge in [0.1, 0.15) is 0 Å². The summed E-state index contributed by atoms with van der Waals surface area (Å²) in [6.45, 7) is 4.21. The van der Waals surface area contributed by atoms with E-state index in [1.165, 1.54) is 0 Å². The Kier molecular flexibility index (Phi) is 4.53. The van der Waals surface area contributed by atoms with Gasteiger partial charge >= 0.3 is 5.97 Å². The van der Waals surface area contributed by atoms with Gasteiger partial charge in [0.25, 0.3) is 0 Å². The van der Waals surface area contributed by atoms with E-state index in [0.717, 1.165) is 12.8 Å². The van der Waals surface area contributed by atoms with Crippen molar-refractivity contribution in [2.45, 2.75) is 39.5 Å². The zero-order valence-corrected chi connectivity index (χ0v) is 9.41. The van der Waals surface area contributed by atoms with E-state index in [9.17, 15) is 9.59 Å². The fourth-order valence-corrected chi connectivity index (χ4v) is 1.81. The van der Waals surface area contributed by atoms with Crippen LogP contribution in [0.1, 0.15) is 39.5 Å². The molecule has 0 saturated heterocycles. The van der Waals surface area contributed by atoms with Crippen LogP contribution in [0, 0.1) is 5.92 Å². The fraction of sp³-hybridized carbons (Fsp3) is 0.667. The summed E-state index contributed by atoms with van der Waals surface area (Å²) in [5, 5.41) is 0. The van der Waals surface area contributed by atoms with Gasteiger partial charge in [-0.2, -0.15) is 0 Å². The zero-order chi connectivity index (χ0) is 11.3. The first kappa shape index (κ1) is 12.0. The maximum Gasteiger partial charge on any atom is 0.313 e. The smallest absolute Gasteiger partial charge is 0.313 e. The number of rotatable bonds is 4. The SMILES string of the molecule is CCC/C=C1\C(=O)CCC1C(=O)OCC. The zero-order valence-electron chi connectivity index (χ0n) is 9.41. The average molecular weight is 210 g/mol. The first-order valence-corrected chi connectivity index (χ1v) is 5.60. The number of unbranched alkanes of at least 4 members (excludes halogenated alkanes) is 1. The molecule has 0 radical (unpaired) electrons. The summed E-state index contributed by atoms with van der Waals surface area (Å²) in [6.07, 6.45) is 4.85. The minimum atomic E-state index is -0.302. The molecule has 3 heteroatoms. The van der Waals surface area contributed by atoms with Crippen molar-refractivity contribution >= 4 is 11.8 Å². The Bertz CT molecular complexity index is 279. The number of allylic oxidation sites excluding steroid dienone is 1. The second-order valence-corrected chi connectivity index (χ2v) is 3.71. The quantitative estimate of drug-likeness (QED) is 0.528. The van der Waals surface area contributed by atoms with Crippen LogP contribution in [0.2, 0.25) is 0 Å². The first-order valence-electron chi connectivity index (χ1n) is 5.60. The predicted octanol–water partition coefficient (Wildman–Crippen LogP) is 2.26. The average Bonchev–Trinajstić information content (AvgIpc) is 2.57. The van der Waals surface area contributed by atoms with Crippen LogP contribution in [0.3, 0.4) is 0 Å². The molecule has 15 heavy (non-hydrogen) atoms. The van der Waals surface area contributed by atoms with Crippen molar-refractivity contribution in [2.24, 2.45) is 5.92 Å². The molecule has 1 aliphatic carbocycles. The van der Waals surface area contributed by atoms with Gasteiger partial charge in [0.2, 0.25) is 0 Å². The number of hydrogen-bond acceptors (Lipinski definition) is 3.